The Labute approximate surface area is 103 Å². The highest BCUT2D eigenvalue weighted by molar-refractivity contribution is 5.24. The summed E-state index contributed by atoms with van der Waals surface area (Å²) in [7, 11) is 0. The van der Waals surface area contributed by atoms with Crippen LogP contribution in [0.4, 0.5) is 4.39 Å². The van der Waals surface area contributed by atoms with Gasteiger partial charge in [0.1, 0.15) is 0 Å². The Morgan fingerprint density at radius 2 is 1.94 bits per heavy atom. The van der Waals surface area contributed by atoms with Crippen LogP contribution in [0.2, 0.25) is 0 Å². The number of aryl methyl sites for hydroxylation is 2. The first-order valence-electron chi connectivity index (χ1n) is 6.19. The maximum absolute atomic E-state index is 12.2. The summed E-state index contributed by atoms with van der Waals surface area (Å²) < 4.78 is 14.1. The lowest BCUT2D eigenvalue weighted by atomic mass is 10.1. The van der Waals surface area contributed by atoms with E-state index in [2.05, 4.69) is 38.1 Å². The van der Waals surface area contributed by atoms with E-state index in [4.69, 9.17) is 0 Å². The molecule has 17 heavy (non-hydrogen) atoms. The van der Waals surface area contributed by atoms with Crippen molar-refractivity contribution in [3.05, 3.63) is 17.0 Å². The van der Waals surface area contributed by atoms with E-state index in [-0.39, 0.29) is 12.2 Å². The van der Waals surface area contributed by atoms with Crippen LogP contribution in [0, 0.1) is 13.8 Å². The second kappa shape index (κ2) is 5.63. The van der Waals surface area contributed by atoms with Gasteiger partial charge in [0, 0.05) is 29.9 Å². The summed E-state index contributed by atoms with van der Waals surface area (Å²) in [5, 5.41) is 7.92. The third-order valence-electron chi connectivity index (χ3n) is 2.83. The van der Waals surface area contributed by atoms with Crippen molar-refractivity contribution in [2.24, 2.45) is 0 Å². The number of rotatable bonds is 5. The molecule has 1 aromatic rings. The maximum atomic E-state index is 12.2. The Bertz CT molecular complexity index is 363. The third kappa shape index (κ3) is 4.11. The summed E-state index contributed by atoms with van der Waals surface area (Å²) in [4.78, 5) is 0. The van der Waals surface area contributed by atoms with E-state index in [1.165, 1.54) is 5.56 Å². The fourth-order valence-electron chi connectivity index (χ4n) is 1.77. The minimum absolute atomic E-state index is 0.0971. The van der Waals surface area contributed by atoms with Crippen molar-refractivity contribution in [2.75, 3.05) is 6.67 Å². The first kappa shape index (κ1) is 14.2. The van der Waals surface area contributed by atoms with Crippen LogP contribution in [0.1, 0.15) is 44.1 Å². The summed E-state index contributed by atoms with van der Waals surface area (Å²) >= 11 is 0. The zero-order valence-electron chi connectivity index (χ0n) is 11.6. The normalized spacial score (nSPS) is 12.1. The fourth-order valence-corrected chi connectivity index (χ4v) is 1.77. The highest BCUT2D eigenvalue weighted by Crippen LogP contribution is 2.14. The number of alkyl halides is 1. The molecular weight excluding hydrogens is 217 g/mol. The first-order chi connectivity index (χ1) is 7.85. The Morgan fingerprint density at radius 1 is 1.29 bits per heavy atom. The van der Waals surface area contributed by atoms with Gasteiger partial charge in [0.25, 0.3) is 0 Å². The second-order valence-corrected chi connectivity index (χ2v) is 5.52. The van der Waals surface area contributed by atoms with Crippen molar-refractivity contribution < 1.29 is 4.39 Å². The molecular formula is C13H24FN3. The van der Waals surface area contributed by atoms with Gasteiger partial charge in [-0.1, -0.05) is 0 Å². The molecule has 0 fully saturated rings. The van der Waals surface area contributed by atoms with E-state index >= 15 is 0 Å². The van der Waals surface area contributed by atoms with E-state index in [0.29, 0.717) is 13.0 Å². The molecule has 1 heterocycles. The Hall–Kier alpha value is -0.900. The van der Waals surface area contributed by atoms with E-state index in [1.807, 2.05) is 11.6 Å². The first-order valence-corrected chi connectivity index (χ1v) is 6.19. The van der Waals surface area contributed by atoms with Gasteiger partial charge < -0.3 is 5.32 Å². The van der Waals surface area contributed by atoms with Crippen LogP contribution in [0.3, 0.4) is 0 Å². The van der Waals surface area contributed by atoms with E-state index < -0.39 is 0 Å². The number of nitrogens with one attached hydrogen (secondary N) is 1. The summed E-state index contributed by atoms with van der Waals surface area (Å²) in [6.07, 6.45) is 0.536. The second-order valence-electron chi connectivity index (χ2n) is 5.52. The molecule has 3 nitrogen and oxygen atoms in total. The van der Waals surface area contributed by atoms with Crippen molar-refractivity contribution in [3.8, 4) is 0 Å². The number of halogens is 1. The van der Waals surface area contributed by atoms with Crippen LogP contribution in [-0.2, 0) is 13.1 Å². The van der Waals surface area contributed by atoms with E-state index in [1.54, 1.807) is 0 Å². The van der Waals surface area contributed by atoms with Crippen molar-refractivity contribution in [3.63, 3.8) is 0 Å². The van der Waals surface area contributed by atoms with Crippen LogP contribution in [0.5, 0.6) is 0 Å². The van der Waals surface area contributed by atoms with Gasteiger partial charge in [-0.05, 0) is 41.0 Å². The number of aromatic nitrogens is 2. The molecule has 0 aliphatic rings. The van der Waals surface area contributed by atoms with E-state index in [9.17, 15) is 4.39 Å². The standard InChI is InChI=1S/C13H24FN3/c1-10-12(9-15-13(3,4)5)11(2)17(16-10)8-6-7-14/h15H,6-9H2,1-5H3. The topological polar surface area (TPSA) is 29.9 Å². The van der Waals surface area contributed by atoms with Crippen molar-refractivity contribution >= 4 is 0 Å². The lowest BCUT2D eigenvalue weighted by molar-refractivity contribution is 0.421. The SMILES string of the molecule is Cc1nn(CCCF)c(C)c1CNC(C)(C)C. The fraction of sp³-hybridized carbons (Fsp3) is 0.769. The molecule has 0 aliphatic carbocycles. The summed E-state index contributed by atoms with van der Waals surface area (Å²) in [6, 6.07) is 0. The highest BCUT2D eigenvalue weighted by atomic mass is 19.1. The van der Waals surface area contributed by atoms with Crippen LogP contribution in [0.15, 0.2) is 0 Å². The molecule has 0 radical (unpaired) electrons. The molecule has 0 aliphatic heterocycles. The minimum atomic E-state index is -0.284. The largest absolute Gasteiger partial charge is 0.308 e. The molecule has 0 bridgehead atoms. The molecule has 0 amide bonds. The van der Waals surface area contributed by atoms with Crippen molar-refractivity contribution in [1.29, 1.82) is 0 Å². The quantitative estimate of drug-likeness (QED) is 0.859. The van der Waals surface area contributed by atoms with Gasteiger partial charge in [0.05, 0.1) is 12.4 Å². The van der Waals surface area contributed by atoms with Gasteiger partial charge in [0.15, 0.2) is 0 Å². The molecule has 0 aromatic carbocycles. The predicted molar refractivity (Wildman–Crippen MR) is 68.9 cm³/mol. The molecule has 0 spiro atoms. The molecule has 1 rings (SSSR count). The smallest absolute Gasteiger partial charge is 0.0912 e. The van der Waals surface area contributed by atoms with Gasteiger partial charge in [0.2, 0.25) is 0 Å². The maximum Gasteiger partial charge on any atom is 0.0912 e. The van der Waals surface area contributed by atoms with Gasteiger partial charge >= 0.3 is 0 Å². The van der Waals surface area contributed by atoms with Crippen molar-refractivity contribution in [2.45, 2.75) is 59.7 Å². The van der Waals surface area contributed by atoms with Gasteiger partial charge in [-0.25, -0.2) is 0 Å². The zero-order chi connectivity index (χ0) is 13.1. The van der Waals surface area contributed by atoms with Crippen LogP contribution in [-0.4, -0.2) is 22.0 Å². The lowest BCUT2D eigenvalue weighted by Gasteiger charge is -2.20. The Kier molecular flexibility index (Phi) is 4.69. The van der Waals surface area contributed by atoms with Gasteiger partial charge in [-0.15, -0.1) is 0 Å². The minimum Gasteiger partial charge on any atom is -0.308 e. The van der Waals surface area contributed by atoms with Gasteiger partial charge in [-0.2, -0.15) is 5.10 Å². The average molecular weight is 241 g/mol. The molecule has 0 saturated heterocycles. The van der Waals surface area contributed by atoms with Crippen molar-refractivity contribution in [1.82, 2.24) is 15.1 Å². The summed E-state index contributed by atoms with van der Waals surface area (Å²) in [5.74, 6) is 0. The molecule has 1 aromatic heterocycles. The van der Waals surface area contributed by atoms with Crippen LogP contribution in [0.25, 0.3) is 0 Å². The Morgan fingerprint density at radius 3 is 2.47 bits per heavy atom. The highest BCUT2D eigenvalue weighted by Gasteiger charge is 2.14. The van der Waals surface area contributed by atoms with Crippen LogP contribution >= 0.6 is 0 Å². The predicted octanol–water partition coefficient (Wildman–Crippen LogP) is 2.75. The molecule has 4 heteroatoms. The Balaban J connectivity index is 2.75. The molecule has 0 saturated carbocycles. The van der Waals surface area contributed by atoms with Crippen LogP contribution < -0.4 is 5.32 Å². The molecule has 98 valence electrons. The number of hydrogen-bond acceptors (Lipinski definition) is 2. The number of hydrogen-bond donors (Lipinski definition) is 1. The van der Waals surface area contributed by atoms with Gasteiger partial charge in [-0.3, -0.25) is 9.07 Å². The molecule has 1 N–H and O–H groups in total. The summed E-state index contributed by atoms with van der Waals surface area (Å²) in [5.41, 5.74) is 3.52. The zero-order valence-corrected chi connectivity index (χ0v) is 11.6. The van der Waals surface area contributed by atoms with E-state index in [0.717, 1.165) is 17.9 Å². The molecule has 0 unspecified atom stereocenters. The summed E-state index contributed by atoms with van der Waals surface area (Å²) in [6.45, 7) is 11.7. The lowest BCUT2D eigenvalue weighted by Crippen LogP contribution is -2.35. The molecule has 0 atom stereocenters. The average Bonchev–Trinajstić information content (AvgIpc) is 2.47. The number of nitrogens with zero attached hydrogens (tertiary/aromatic N) is 2. The monoisotopic (exact) mass is 241 g/mol. The third-order valence-corrected chi connectivity index (χ3v) is 2.83.